The van der Waals surface area contributed by atoms with Gasteiger partial charge in [-0.1, -0.05) is 30.3 Å². The number of nitrogens with one attached hydrogen (secondary N) is 2. The number of hydrogen-bond donors (Lipinski definition) is 2. The third-order valence-electron chi connectivity index (χ3n) is 4.75. The van der Waals surface area contributed by atoms with Gasteiger partial charge in [-0.25, -0.2) is 9.97 Å². The van der Waals surface area contributed by atoms with Crippen molar-refractivity contribution in [2.75, 3.05) is 13.1 Å². The Labute approximate surface area is 146 Å². The summed E-state index contributed by atoms with van der Waals surface area (Å²) >= 11 is 0. The van der Waals surface area contributed by atoms with Crippen LogP contribution < -0.4 is 0 Å². The molecule has 3 aromatic rings. The minimum absolute atomic E-state index is 0.00723. The fourth-order valence-electron chi connectivity index (χ4n) is 3.44. The minimum Gasteiger partial charge on any atom is -0.348 e. The maximum absolute atomic E-state index is 13.0. The van der Waals surface area contributed by atoms with Crippen molar-refractivity contribution in [3.8, 4) is 11.4 Å². The zero-order valence-electron chi connectivity index (χ0n) is 14.2. The SMILES string of the molecule is Cc1[nH]c(-c2ccccc2)nc1C(=O)N1CCC[C@@H](c2ncc[nH]2)C1. The largest absolute Gasteiger partial charge is 0.348 e. The van der Waals surface area contributed by atoms with E-state index in [0.29, 0.717) is 12.2 Å². The average molecular weight is 335 g/mol. The lowest BCUT2D eigenvalue weighted by Crippen LogP contribution is -2.39. The van der Waals surface area contributed by atoms with Crippen LogP contribution in [0.25, 0.3) is 11.4 Å². The van der Waals surface area contributed by atoms with E-state index in [0.717, 1.165) is 42.3 Å². The number of H-pyrrole nitrogens is 2. The van der Waals surface area contributed by atoms with Gasteiger partial charge >= 0.3 is 0 Å². The molecule has 25 heavy (non-hydrogen) atoms. The number of carbonyl (C=O) groups is 1. The summed E-state index contributed by atoms with van der Waals surface area (Å²) in [6.07, 6.45) is 5.62. The Balaban J connectivity index is 1.55. The van der Waals surface area contributed by atoms with Gasteiger partial charge in [0.1, 0.15) is 17.3 Å². The molecule has 2 aromatic heterocycles. The molecule has 0 unspecified atom stereocenters. The summed E-state index contributed by atoms with van der Waals surface area (Å²) in [4.78, 5) is 30.2. The van der Waals surface area contributed by atoms with Gasteiger partial charge in [-0.15, -0.1) is 0 Å². The van der Waals surface area contributed by atoms with Crippen LogP contribution in [0.1, 0.15) is 40.8 Å². The van der Waals surface area contributed by atoms with Crippen molar-refractivity contribution in [1.82, 2.24) is 24.8 Å². The number of amides is 1. The third-order valence-corrected chi connectivity index (χ3v) is 4.75. The Hall–Kier alpha value is -2.89. The number of piperidine rings is 1. The van der Waals surface area contributed by atoms with Gasteiger partial charge in [0.05, 0.1) is 0 Å². The van der Waals surface area contributed by atoms with Crippen molar-refractivity contribution in [3.63, 3.8) is 0 Å². The summed E-state index contributed by atoms with van der Waals surface area (Å²) in [7, 11) is 0. The average Bonchev–Trinajstić information content (AvgIpc) is 3.32. The molecule has 1 aromatic carbocycles. The molecule has 0 aliphatic carbocycles. The number of nitrogens with zero attached hydrogens (tertiary/aromatic N) is 3. The van der Waals surface area contributed by atoms with E-state index in [-0.39, 0.29) is 11.8 Å². The zero-order chi connectivity index (χ0) is 17.2. The van der Waals surface area contributed by atoms with Gasteiger partial charge in [-0.3, -0.25) is 4.79 Å². The highest BCUT2D eigenvalue weighted by Crippen LogP contribution is 2.26. The quantitative estimate of drug-likeness (QED) is 0.772. The lowest BCUT2D eigenvalue weighted by atomic mass is 9.97. The van der Waals surface area contributed by atoms with Crippen molar-refractivity contribution in [2.24, 2.45) is 0 Å². The molecule has 2 N–H and O–H groups in total. The van der Waals surface area contributed by atoms with E-state index < -0.39 is 0 Å². The molecular formula is C19H21N5O. The highest BCUT2D eigenvalue weighted by atomic mass is 16.2. The standard InChI is InChI=1S/C19H21N5O/c1-13-16(23-18(22-13)14-6-3-2-4-7-14)19(25)24-11-5-8-15(12-24)17-20-9-10-21-17/h2-4,6-7,9-10,15H,5,8,11-12H2,1H3,(H,20,21)(H,22,23)/t15-/m1/s1. The van der Waals surface area contributed by atoms with E-state index in [1.54, 1.807) is 6.20 Å². The van der Waals surface area contributed by atoms with Crippen LogP contribution in [-0.4, -0.2) is 43.8 Å². The number of carbonyl (C=O) groups excluding carboxylic acids is 1. The summed E-state index contributed by atoms with van der Waals surface area (Å²) in [5, 5.41) is 0. The Morgan fingerprint density at radius 3 is 2.88 bits per heavy atom. The lowest BCUT2D eigenvalue weighted by molar-refractivity contribution is 0.0698. The van der Waals surface area contributed by atoms with Crippen LogP contribution >= 0.6 is 0 Å². The van der Waals surface area contributed by atoms with Gasteiger partial charge in [-0.05, 0) is 19.8 Å². The first-order chi connectivity index (χ1) is 12.2. The van der Waals surface area contributed by atoms with Crippen molar-refractivity contribution in [3.05, 3.63) is 59.9 Å². The summed E-state index contributed by atoms with van der Waals surface area (Å²) in [6.45, 7) is 3.35. The second-order valence-electron chi connectivity index (χ2n) is 6.49. The lowest BCUT2D eigenvalue weighted by Gasteiger charge is -2.31. The first-order valence-electron chi connectivity index (χ1n) is 8.63. The fraction of sp³-hybridized carbons (Fsp3) is 0.316. The molecule has 1 fully saturated rings. The second kappa shape index (κ2) is 6.55. The number of hydrogen-bond acceptors (Lipinski definition) is 3. The van der Waals surface area contributed by atoms with Crippen LogP contribution in [0.15, 0.2) is 42.7 Å². The second-order valence-corrected chi connectivity index (χ2v) is 6.49. The first kappa shape index (κ1) is 15.6. The van der Waals surface area contributed by atoms with E-state index in [9.17, 15) is 4.79 Å². The molecule has 1 aliphatic rings. The van der Waals surface area contributed by atoms with Crippen LogP contribution in [0.5, 0.6) is 0 Å². The molecule has 0 radical (unpaired) electrons. The highest BCUT2D eigenvalue weighted by Gasteiger charge is 2.29. The number of benzene rings is 1. The summed E-state index contributed by atoms with van der Waals surface area (Å²) < 4.78 is 0. The summed E-state index contributed by atoms with van der Waals surface area (Å²) in [5.74, 6) is 1.95. The Kier molecular flexibility index (Phi) is 4.09. The Bertz CT molecular complexity index is 853. The number of likely N-dealkylation sites (tertiary alicyclic amines) is 1. The predicted molar refractivity (Wildman–Crippen MR) is 95.2 cm³/mol. The normalized spacial score (nSPS) is 17.6. The van der Waals surface area contributed by atoms with Crippen LogP contribution in [0.3, 0.4) is 0 Å². The molecule has 6 heteroatoms. The number of aryl methyl sites for hydroxylation is 1. The first-order valence-corrected chi connectivity index (χ1v) is 8.63. The van der Waals surface area contributed by atoms with Crippen molar-refractivity contribution in [2.45, 2.75) is 25.7 Å². The van der Waals surface area contributed by atoms with E-state index in [2.05, 4.69) is 19.9 Å². The third kappa shape index (κ3) is 3.07. The van der Waals surface area contributed by atoms with Crippen LogP contribution in [0.2, 0.25) is 0 Å². The zero-order valence-corrected chi connectivity index (χ0v) is 14.2. The van der Waals surface area contributed by atoms with Gasteiger partial charge < -0.3 is 14.9 Å². The number of imidazole rings is 2. The van der Waals surface area contributed by atoms with Gasteiger partial charge in [0, 0.05) is 42.7 Å². The van der Waals surface area contributed by atoms with E-state index in [1.165, 1.54) is 0 Å². The van der Waals surface area contributed by atoms with Gasteiger partial charge in [0.2, 0.25) is 0 Å². The predicted octanol–water partition coefficient (Wildman–Crippen LogP) is 3.13. The molecule has 3 heterocycles. The summed E-state index contributed by atoms with van der Waals surface area (Å²) in [5.41, 5.74) is 2.31. The number of aromatic amines is 2. The highest BCUT2D eigenvalue weighted by molar-refractivity contribution is 5.94. The van der Waals surface area contributed by atoms with Crippen molar-refractivity contribution in [1.29, 1.82) is 0 Å². The van der Waals surface area contributed by atoms with Gasteiger partial charge in [0.15, 0.2) is 0 Å². The van der Waals surface area contributed by atoms with Gasteiger partial charge in [0.25, 0.3) is 5.91 Å². The van der Waals surface area contributed by atoms with Gasteiger partial charge in [-0.2, -0.15) is 0 Å². The van der Waals surface area contributed by atoms with Crippen LogP contribution in [0.4, 0.5) is 0 Å². The monoisotopic (exact) mass is 335 g/mol. The van der Waals surface area contributed by atoms with Crippen molar-refractivity contribution < 1.29 is 4.79 Å². The molecule has 1 atom stereocenters. The number of aromatic nitrogens is 4. The summed E-state index contributed by atoms with van der Waals surface area (Å²) in [6, 6.07) is 9.87. The van der Waals surface area contributed by atoms with E-state index in [1.807, 2.05) is 48.4 Å². The Morgan fingerprint density at radius 1 is 1.28 bits per heavy atom. The molecule has 0 bridgehead atoms. The molecular weight excluding hydrogens is 314 g/mol. The molecule has 1 saturated heterocycles. The Morgan fingerprint density at radius 2 is 2.12 bits per heavy atom. The van der Waals surface area contributed by atoms with E-state index >= 15 is 0 Å². The minimum atomic E-state index is -0.00723. The smallest absolute Gasteiger partial charge is 0.274 e. The van der Waals surface area contributed by atoms with Crippen LogP contribution in [-0.2, 0) is 0 Å². The topological polar surface area (TPSA) is 77.7 Å². The molecule has 128 valence electrons. The molecule has 4 rings (SSSR count). The molecule has 0 saturated carbocycles. The van der Waals surface area contributed by atoms with Crippen molar-refractivity contribution >= 4 is 5.91 Å². The van der Waals surface area contributed by atoms with E-state index in [4.69, 9.17) is 0 Å². The fourth-order valence-corrected chi connectivity index (χ4v) is 3.44. The molecule has 0 spiro atoms. The maximum atomic E-state index is 13.0. The molecule has 1 aliphatic heterocycles. The number of rotatable bonds is 3. The molecule has 6 nitrogen and oxygen atoms in total. The maximum Gasteiger partial charge on any atom is 0.274 e. The van der Waals surface area contributed by atoms with Crippen LogP contribution in [0, 0.1) is 6.92 Å². The molecule has 1 amide bonds.